The van der Waals surface area contributed by atoms with Crippen LogP contribution in [0.25, 0.3) is 0 Å². The molecule has 4 nitrogen and oxygen atoms in total. The van der Waals surface area contributed by atoms with Gasteiger partial charge in [0.1, 0.15) is 0 Å². The van der Waals surface area contributed by atoms with E-state index in [0.29, 0.717) is 12.1 Å². The van der Waals surface area contributed by atoms with Gasteiger partial charge in [-0.05, 0) is 30.7 Å². The third-order valence-corrected chi connectivity index (χ3v) is 3.89. The maximum atomic E-state index is 12.2. The summed E-state index contributed by atoms with van der Waals surface area (Å²) < 4.78 is 6.51. The molecule has 23 heavy (non-hydrogen) atoms. The lowest BCUT2D eigenvalue weighted by molar-refractivity contribution is 0.0277. The fourth-order valence-corrected chi connectivity index (χ4v) is 2.57. The van der Waals surface area contributed by atoms with Crippen LogP contribution in [0.2, 0.25) is 0 Å². The van der Waals surface area contributed by atoms with Gasteiger partial charge in [0.2, 0.25) is 0 Å². The molecule has 122 valence electrons. The maximum absolute atomic E-state index is 12.2. The highest BCUT2D eigenvalue weighted by molar-refractivity contribution is 9.10. The normalized spacial score (nSPS) is 12.0. The number of carbonyl (C=O) groups is 1. The summed E-state index contributed by atoms with van der Waals surface area (Å²) in [6, 6.07) is 15.2. The Kier molecular flexibility index (Phi) is 6.77. The molecule has 0 unspecified atom stereocenters. The third kappa shape index (κ3) is 5.46. The van der Waals surface area contributed by atoms with Crippen LogP contribution in [0.3, 0.4) is 0 Å². The standard InChI is InChI=1S/C18H20BrNO3/c1-13-5-7-14(8-6-13)17(23-10-9-21)12-20-18(22)15-3-2-4-16(19)11-15/h2-8,11,17,21H,9-10,12H2,1H3,(H,20,22)/t17-/m1/s1. The van der Waals surface area contributed by atoms with Crippen molar-refractivity contribution >= 4 is 21.8 Å². The van der Waals surface area contributed by atoms with Crippen LogP contribution in [0.15, 0.2) is 53.0 Å². The Bertz CT molecular complexity index is 643. The first kappa shape index (κ1) is 17.7. The third-order valence-electron chi connectivity index (χ3n) is 3.39. The molecule has 0 aliphatic carbocycles. The summed E-state index contributed by atoms with van der Waals surface area (Å²) in [5.74, 6) is -0.156. The number of aryl methyl sites for hydroxylation is 1. The van der Waals surface area contributed by atoms with Gasteiger partial charge in [0, 0.05) is 16.6 Å². The molecule has 1 amide bonds. The van der Waals surface area contributed by atoms with Crippen LogP contribution in [0, 0.1) is 6.92 Å². The molecule has 0 aromatic heterocycles. The number of halogens is 1. The zero-order valence-corrected chi connectivity index (χ0v) is 14.5. The van der Waals surface area contributed by atoms with Crippen molar-refractivity contribution in [3.05, 3.63) is 69.7 Å². The van der Waals surface area contributed by atoms with Gasteiger partial charge in [0.15, 0.2) is 0 Å². The molecule has 0 spiro atoms. The molecule has 5 heteroatoms. The van der Waals surface area contributed by atoms with Gasteiger partial charge in [0.05, 0.1) is 19.3 Å². The molecule has 0 fully saturated rings. The molecule has 0 bridgehead atoms. The van der Waals surface area contributed by atoms with E-state index in [2.05, 4.69) is 21.2 Å². The number of rotatable bonds is 7. The smallest absolute Gasteiger partial charge is 0.251 e. The highest BCUT2D eigenvalue weighted by Gasteiger charge is 2.14. The molecule has 0 heterocycles. The van der Waals surface area contributed by atoms with Crippen molar-refractivity contribution in [1.29, 1.82) is 0 Å². The predicted molar refractivity (Wildman–Crippen MR) is 93.4 cm³/mol. The number of benzene rings is 2. The fourth-order valence-electron chi connectivity index (χ4n) is 2.17. The van der Waals surface area contributed by atoms with E-state index >= 15 is 0 Å². The molecule has 2 aromatic carbocycles. The first-order chi connectivity index (χ1) is 11.1. The molecular weight excluding hydrogens is 358 g/mol. The van der Waals surface area contributed by atoms with Crippen molar-refractivity contribution < 1.29 is 14.6 Å². The summed E-state index contributed by atoms with van der Waals surface area (Å²) in [6.07, 6.45) is -0.293. The van der Waals surface area contributed by atoms with Crippen molar-refractivity contribution in [2.24, 2.45) is 0 Å². The number of aliphatic hydroxyl groups is 1. The summed E-state index contributed by atoms with van der Waals surface area (Å²) >= 11 is 3.36. The quantitative estimate of drug-likeness (QED) is 0.778. The second kappa shape index (κ2) is 8.82. The van der Waals surface area contributed by atoms with Gasteiger partial charge in [-0.15, -0.1) is 0 Å². The van der Waals surface area contributed by atoms with E-state index in [9.17, 15) is 4.79 Å². The molecule has 0 radical (unpaired) electrons. The predicted octanol–water partition coefficient (Wildman–Crippen LogP) is 3.24. The summed E-state index contributed by atoms with van der Waals surface area (Å²) in [5, 5.41) is 11.9. The number of ether oxygens (including phenoxy) is 1. The van der Waals surface area contributed by atoms with Crippen molar-refractivity contribution in [2.75, 3.05) is 19.8 Å². The number of aliphatic hydroxyl groups excluding tert-OH is 1. The zero-order valence-electron chi connectivity index (χ0n) is 13.0. The fraction of sp³-hybridized carbons (Fsp3) is 0.278. The average molecular weight is 378 g/mol. The summed E-state index contributed by atoms with van der Waals surface area (Å²) in [7, 11) is 0. The van der Waals surface area contributed by atoms with Crippen LogP contribution in [-0.2, 0) is 4.74 Å². The van der Waals surface area contributed by atoms with Gasteiger partial charge in [-0.1, -0.05) is 51.8 Å². The van der Waals surface area contributed by atoms with Crippen molar-refractivity contribution in [3.8, 4) is 0 Å². The Morgan fingerprint density at radius 1 is 1.26 bits per heavy atom. The molecule has 0 aliphatic rings. The van der Waals surface area contributed by atoms with Crippen LogP contribution in [-0.4, -0.2) is 30.8 Å². The monoisotopic (exact) mass is 377 g/mol. The Hall–Kier alpha value is -1.69. The molecule has 2 aromatic rings. The number of hydrogen-bond acceptors (Lipinski definition) is 3. The van der Waals surface area contributed by atoms with Crippen LogP contribution in [0.5, 0.6) is 0 Å². The van der Waals surface area contributed by atoms with E-state index in [1.807, 2.05) is 43.3 Å². The number of carbonyl (C=O) groups excluding carboxylic acids is 1. The molecule has 1 atom stereocenters. The van der Waals surface area contributed by atoms with Crippen LogP contribution >= 0.6 is 15.9 Å². The summed E-state index contributed by atoms with van der Waals surface area (Å²) in [6.45, 7) is 2.53. The second-order valence-corrected chi connectivity index (χ2v) is 6.13. The first-order valence-corrected chi connectivity index (χ1v) is 8.22. The number of nitrogens with one attached hydrogen (secondary N) is 1. The minimum atomic E-state index is -0.293. The Morgan fingerprint density at radius 3 is 2.65 bits per heavy atom. The summed E-state index contributed by atoms with van der Waals surface area (Å²) in [4.78, 5) is 12.2. The second-order valence-electron chi connectivity index (χ2n) is 5.21. The molecule has 2 rings (SSSR count). The van der Waals surface area contributed by atoms with Crippen molar-refractivity contribution in [2.45, 2.75) is 13.0 Å². The van der Waals surface area contributed by atoms with Gasteiger partial charge < -0.3 is 15.2 Å². The lowest BCUT2D eigenvalue weighted by atomic mass is 10.1. The van der Waals surface area contributed by atoms with Gasteiger partial charge >= 0.3 is 0 Å². The van der Waals surface area contributed by atoms with E-state index in [0.717, 1.165) is 15.6 Å². The van der Waals surface area contributed by atoms with Gasteiger partial charge in [-0.2, -0.15) is 0 Å². The number of hydrogen-bond donors (Lipinski definition) is 2. The highest BCUT2D eigenvalue weighted by Crippen LogP contribution is 2.18. The van der Waals surface area contributed by atoms with E-state index in [4.69, 9.17) is 9.84 Å². The first-order valence-electron chi connectivity index (χ1n) is 7.43. The molecule has 0 saturated heterocycles. The van der Waals surface area contributed by atoms with Crippen LogP contribution in [0.1, 0.15) is 27.6 Å². The van der Waals surface area contributed by atoms with Crippen molar-refractivity contribution in [1.82, 2.24) is 5.32 Å². The van der Waals surface area contributed by atoms with Crippen LogP contribution < -0.4 is 5.32 Å². The average Bonchev–Trinajstić information content (AvgIpc) is 2.56. The Balaban J connectivity index is 2.03. The number of amides is 1. The lowest BCUT2D eigenvalue weighted by Gasteiger charge is -2.19. The minimum Gasteiger partial charge on any atom is -0.394 e. The van der Waals surface area contributed by atoms with Crippen molar-refractivity contribution in [3.63, 3.8) is 0 Å². The van der Waals surface area contributed by atoms with Crippen LogP contribution in [0.4, 0.5) is 0 Å². The molecule has 2 N–H and O–H groups in total. The van der Waals surface area contributed by atoms with E-state index in [-0.39, 0.29) is 25.2 Å². The minimum absolute atomic E-state index is 0.0536. The highest BCUT2D eigenvalue weighted by atomic mass is 79.9. The van der Waals surface area contributed by atoms with Gasteiger partial charge in [0.25, 0.3) is 5.91 Å². The SMILES string of the molecule is Cc1ccc([C@@H](CNC(=O)c2cccc(Br)c2)OCCO)cc1. The lowest BCUT2D eigenvalue weighted by Crippen LogP contribution is -2.30. The summed E-state index contributed by atoms with van der Waals surface area (Å²) in [5.41, 5.74) is 2.72. The zero-order chi connectivity index (χ0) is 16.7. The van der Waals surface area contributed by atoms with E-state index in [1.165, 1.54) is 0 Å². The molecule has 0 saturated carbocycles. The van der Waals surface area contributed by atoms with Gasteiger partial charge in [-0.25, -0.2) is 0 Å². The largest absolute Gasteiger partial charge is 0.394 e. The van der Waals surface area contributed by atoms with E-state index < -0.39 is 0 Å². The molecular formula is C18H20BrNO3. The maximum Gasteiger partial charge on any atom is 0.251 e. The molecule has 0 aliphatic heterocycles. The van der Waals surface area contributed by atoms with Gasteiger partial charge in [-0.3, -0.25) is 4.79 Å². The topological polar surface area (TPSA) is 58.6 Å². The Morgan fingerprint density at radius 2 is 2.00 bits per heavy atom. The Labute approximate surface area is 144 Å². The van der Waals surface area contributed by atoms with E-state index in [1.54, 1.807) is 12.1 Å².